The van der Waals surface area contributed by atoms with E-state index in [1.54, 1.807) is 0 Å². The SMILES string of the molecule is CCOc1ccc(Cn2c3c(c4cc(C(=O)N5CCC(C)CC5)ccc42)CNCC3)cc1. The van der Waals surface area contributed by atoms with Gasteiger partial charge in [0.15, 0.2) is 0 Å². The fraction of sp³-hybridized carbons (Fsp3) is 0.444. The van der Waals surface area contributed by atoms with Crippen LogP contribution in [0, 0.1) is 5.92 Å². The molecule has 32 heavy (non-hydrogen) atoms. The maximum atomic E-state index is 13.2. The van der Waals surface area contributed by atoms with Gasteiger partial charge >= 0.3 is 0 Å². The number of likely N-dealkylation sites (tertiary alicyclic amines) is 1. The maximum absolute atomic E-state index is 13.2. The van der Waals surface area contributed by atoms with Crippen LogP contribution in [0.3, 0.4) is 0 Å². The predicted molar refractivity (Wildman–Crippen MR) is 128 cm³/mol. The molecule has 0 saturated carbocycles. The Hall–Kier alpha value is -2.79. The smallest absolute Gasteiger partial charge is 0.253 e. The first-order valence-electron chi connectivity index (χ1n) is 12.0. The van der Waals surface area contributed by atoms with Gasteiger partial charge in [-0.2, -0.15) is 0 Å². The van der Waals surface area contributed by atoms with Gasteiger partial charge in [0.05, 0.1) is 6.61 Å². The van der Waals surface area contributed by atoms with Crippen molar-refractivity contribution in [2.45, 2.75) is 46.2 Å². The highest BCUT2D eigenvalue weighted by Crippen LogP contribution is 2.31. The van der Waals surface area contributed by atoms with E-state index in [1.165, 1.54) is 27.7 Å². The summed E-state index contributed by atoms with van der Waals surface area (Å²) in [5.41, 5.74) is 6.03. The van der Waals surface area contributed by atoms with Crippen molar-refractivity contribution in [2.24, 2.45) is 5.92 Å². The largest absolute Gasteiger partial charge is 0.494 e. The lowest BCUT2D eigenvalue weighted by Gasteiger charge is -2.30. The van der Waals surface area contributed by atoms with Gasteiger partial charge in [0.25, 0.3) is 5.91 Å². The van der Waals surface area contributed by atoms with Gasteiger partial charge in [0.1, 0.15) is 5.75 Å². The van der Waals surface area contributed by atoms with Crippen molar-refractivity contribution in [1.29, 1.82) is 0 Å². The number of amides is 1. The molecule has 1 aromatic heterocycles. The molecule has 1 fully saturated rings. The minimum atomic E-state index is 0.176. The summed E-state index contributed by atoms with van der Waals surface area (Å²) >= 11 is 0. The summed E-state index contributed by atoms with van der Waals surface area (Å²) in [4.78, 5) is 15.2. The number of carbonyl (C=O) groups excluding carboxylic acids is 1. The summed E-state index contributed by atoms with van der Waals surface area (Å²) in [6, 6.07) is 14.7. The monoisotopic (exact) mass is 431 g/mol. The molecule has 0 spiro atoms. The molecule has 2 aliphatic heterocycles. The molecule has 3 heterocycles. The van der Waals surface area contributed by atoms with Gasteiger partial charge in [-0.1, -0.05) is 19.1 Å². The zero-order valence-corrected chi connectivity index (χ0v) is 19.2. The number of carbonyl (C=O) groups is 1. The molecule has 1 saturated heterocycles. The standard InChI is InChI=1S/C27H33N3O2/c1-3-32-22-7-4-20(5-8-22)18-30-25-9-6-21(27(31)29-14-11-19(2)12-15-29)16-23(25)24-17-28-13-10-26(24)30/h4-9,16,19,28H,3,10-15,17-18H2,1-2H3. The summed E-state index contributed by atoms with van der Waals surface area (Å²) in [5.74, 6) is 1.81. The van der Waals surface area contributed by atoms with Crippen LogP contribution in [0.2, 0.25) is 0 Å². The van der Waals surface area contributed by atoms with Crippen molar-refractivity contribution in [3.05, 3.63) is 64.8 Å². The second-order valence-electron chi connectivity index (χ2n) is 9.22. The van der Waals surface area contributed by atoms with E-state index >= 15 is 0 Å². The van der Waals surface area contributed by atoms with Gasteiger partial charge in [0.2, 0.25) is 0 Å². The zero-order valence-electron chi connectivity index (χ0n) is 19.2. The predicted octanol–water partition coefficient (Wildman–Crippen LogP) is 4.61. The van der Waals surface area contributed by atoms with E-state index in [0.717, 1.165) is 69.2 Å². The van der Waals surface area contributed by atoms with E-state index in [9.17, 15) is 4.79 Å². The van der Waals surface area contributed by atoms with Gasteiger partial charge in [-0.25, -0.2) is 0 Å². The minimum Gasteiger partial charge on any atom is -0.494 e. The third-order valence-electron chi connectivity index (χ3n) is 7.02. The molecule has 3 aromatic rings. The van der Waals surface area contributed by atoms with Crippen molar-refractivity contribution in [2.75, 3.05) is 26.2 Å². The number of benzene rings is 2. The van der Waals surface area contributed by atoms with E-state index in [-0.39, 0.29) is 5.91 Å². The van der Waals surface area contributed by atoms with E-state index < -0.39 is 0 Å². The molecule has 1 amide bonds. The van der Waals surface area contributed by atoms with Gasteiger partial charge < -0.3 is 19.5 Å². The van der Waals surface area contributed by atoms with E-state index in [2.05, 4.69) is 53.2 Å². The van der Waals surface area contributed by atoms with Crippen LogP contribution in [0.5, 0.6) is 5.75 Å². The zero-order chi connectivity index (χ0) is 22.1. The summed E-state index contributed by atoms with van der Waals surface area (Å²) in [6.07, 6.45) is 3.21. The topological polar surface area (TPSA) is 46.5 Å². The molecule has 5 heteroatoms. The fourth-order valence-electron chi connectivity index (χ4n) is 5.13. The number of nitrogens with zero attached hydrogens (tertiary/aromatic N) is 2. The van der Waals surface area contributed by atoms with Gasteiger partial charge in [-0.05, 0) is 67.1 Å². The average molecular weight is 432 g/mol. The average Bonchev–Trinajstić information content (AvgIpc) is 3.13. The Morgan fingerprint density at radius 3 is 2.66 bits per heavy atom. The van der Waals surface area contributed by atoms with Crippen LogP contribution in [0.25, 0.3) is 10.9 Å². The number of rotatable bonds is 5. The number of ether oxygens (including phenoxy) is 1. The summed E-state index contributed by atoms with van der Waals surface area (Å²) in [7, 11) is 0. The van der Waals surface area contributed by atoms with Crippen molar-refractivity contribution in [3.63, 3.8) is 0 Å². The lowest BCUT2D eigenvalue weighted by Crippen LogP contribution is -2.37. The Kier molecular flexibility index (Phi) is 5.92. The first kappa shape index (κ1) is 21.1. The third kappa shape index (κ3) is 4.02. The Bertz CT molecular complexity index is 1110. The van der Waals surface area contributed by atoms with Crippen molar-refractivity contribution >= 4 is 16.8 Å². The maximum Gasteiger partial charge on any atom is 0.253 e. The minimum absolute atomic E-state index is 0.176. The molecular weight excluding hydrogens is 398 g/mol. The number of piperidine rings is 1. The van der Waals surface area contributed by atoms with Crippen molar-refractivity contribution in [3.8, 4) is 5.75 Å². The van der Waals surface area contributed by atoms with Gasteiger partial charge in [0, 0.05) is 61.3 Å². The van der Waals surface area contributed by atoms with Crippen LogP contribution in [-0.2, 0) is 19.5 Å². The number of hydrogen-bond acceptors (Lipinski definition) is 3. The molecule has 0 unspecified atom stereocenters. The normalized spacial score (nSPS) is 16.9. The molecule has 0 radical (unpaired) electrons. The van der Waals surface area contributed by atoms with E-state index in [4.69, 9.17) is 4.74 Å². The highest BCUT2D eigenvalue weighted by molar-refractivity contribution is 5.99. The van der Waals surface area contributed by atoms with E-state index in [1.807, 2.05) is 17.9 Å². The molecule has 0 bridgehead atoms. The molecule has 168 valence electrons. The van der Waals surface area contributed by atoms with Crippen LogP contribution >= 0.6 is 0 Å². The molecule has 2 aromatic carbocycles. The second kappa shape index (κ2) is 8.99. The third-order valence-corrected chi connectivity index (χ3v) is 7.02. The number of fused-ring (bicyclic) bond motifs is 3. The first-order chi connectivity index (χ1) is 15.6. The molecule has 5 nitrogen and oxygen atoms in total. The Morgan fingerprint density at radius 1 is 1.12 bits per heavy atom. The molecule has 2 aliphatic rings. The number of hydrogen-bond donors (Lipinski definition) is 1. The second-order valence-corrected chi connectivity index (χ2v) is 9.22. The van der Waals surface area contributed by atoms with Crippen LogP contribution in [0.1, 0.15) is 53.9 Å². The molecule has 5 rings (SSSR count). The van der Waals surface area contributed by atoms with Gasteiger partial charge in [-0.3, -0.25) is 4.79 Å². The quantitative estimate of drug-likeness (QED) is 0.642. The molecular formula is C27H33N3O2. The van der Waals surface area contributed by atoms with Crippen LogP contribution in [0.4, 0.5) is 0 Å². The molecule has 1 N–H and O–H groups in total. The van der Waals surface area contributed by atoms with Crippen LogP contribution < -0.4 is 10.1 Å². The number of nitrogens with one attached hydrogen (secondary N) is 1. The first-order valence-corrected chi connectivity index (χ1v) is 12.0. The lowest BCUT2D eigenvalue weighted by molar-refractivity contribution is 0.0697. The molecule has 0 atom stereocenters. The van der Waals surface area contributed by atoms with Crippen LogP contribution in [-0.4, -0.2) is 41.6 Å². The van der Waals surface area contributed by atoms with Gasteiger partial charge in [-0.15, -0.1) is 0 Å². The van der Waals surface area contributed by atoms with E-state index in [0.29, 0.717) is 6.61 Å². The van der Waals surface area contributed by atoms with Crippen molar-refractivity contribution in [1.82, 2.24) is 14.8 Å². The Balaban J connectivity index is 1.48. The van der Waals surface area contributed by atoms with Crippen molar-refractivity contribution < 1.29 is 9.53 Å². The molecule has 0 aliphatic carbocycles. The summed E-state index contributed by atoms with van der Waals surface area (Å²) < 4.78 is 8.04. The highest BCUT2D eigenvalue weighted by Gasteiger charge is 2.24. The summed E-state index contributed by atoms with van der Waals surface area (Å²) in [6.45, 7) is 9.39. The van der Waals surface area contributed by atoms with Crippen LogP contribution in [0.15, 0.2) is 42.5 Å². The lowest BCUT2D eigenvalue weighted by atomic mass is 9.98. The Morgan fingerprint density at radius 2 is 1.91 bits per heavy atom. The number of aromatic nitrogens is 1. The Labute approximate surface area is 190 Å². The highest BCUT2D eigenvalue weighted by atomic mass is 16.5. The fourth-order valence-corrected chi connectivity index (χ4v) is 5.13. The summed E-state index contributed by atoms with van der Waals surface area (Å²) in [5, 5.41) is 4.74.